The summed E-state index contributed by atoms with van der Waals surface area (Å²) in [5.74, 6) is -0.278. The number of hydrogen-bond acceptors (Lipinski definition) is 18. The van der Waals surface area contributed by atoms with E-state index in [1.54, 1.807) is 6.08 Å². The van der Waals surface area contributed by atoms with E-state index in [0.717, 1.165) is 38.5 Å². The maximum absolute atomic E-state index is 13.5. The Bertz CT molecular complexity index is 1920. The summed E-state index contributed by atoms with van der Waals surface area (Å²) in [4.78, 5) is 13.5. The predicted octanol–water partition coefficient (Wildman–Crippen LogP) is 14.5. The molecular formula is C82H155NO18. The highest BCUT2D eigenvalue weighted by molar-refractivity contribution is 5.76. The van der Waals surface area contributed by atoms with E-state index in [2.05, 4.69) is 31.3 Å². The van der Waals surface area contributed by atoms with Gasteiger partial charge in [0.2, 0.25) is 5.91 Å². The summed E-state index contributed by atoms with van der Waals surface area (Å²) < 4.78 is 34.4. The topological polar surface area (TPSA) is 307 Å². The molecule has 12 N–H and O–H groups in total. The van der Waals surface area contributed by atoms with Crippen molar-refractivity contribution in [3.63, 3.8) is 0 Å². The summed E-state index contributed by atoms with van der Waals surface area (Å²) in [6, 6.07) is -0.987. The van der Waals surface area contributed by atoms with Crippen LogP contribution in [0.2, 0.25) is 0 Å². The Morgan fingerprint density at radius 2 is 0.634 bits per heavy atom. The van der Waals surface area contributed by atoms with Gasteiger partial charge >= 0.3 is 0 Å². The lowest BCUT2D eigenvalue weighted by Gasteiger charge is -2.48. The molecule has 17 atom stereocenters. The molecule has 0 spiro atoms. The molecule has 3 rings (SSSR count). The minimum Gasteiger partial charge on any atom is -0.394 e. The molecule has 0 aromatic rings. The molecule has 0 aromatic carbocycles. The highest BCUT2D eigenvalue weighted by Crippen LogP contribution is 2.33. The van der Waals surface area contributed by atoms with E-state index in [9.17, 15) is 61.0 Å². The first-order chi connectivity index (χ1) is 49.3. The predicted molar refractivity (Wildman–Crippen MR) is 402 cm³/mol. The molecule has 3 heterocycles. The molecule has 0 aromatic heterocycles. The number of hydrogen-bond donors (Lipinski definition) is 12. The summed E-state index contributed by atoms with van der Waals surface area (Å²) in [6.07, 6.45) is 50.8. The van der Waals surface area contributed by atoms with Gasteiger partial charge in [-0.25, -0.2) is 0 Å². The van der Waals surface area contributed by atoms with Gasteiger partial charge in [-0.2, -0.15) is 0 Å². The maximum atomic E-state index is 13.5. The average Bonchev–Trinajstić information content (AvgIpc) is 0.780. The fourth-order valence-electron chi connectivity index (χ4n) is 14.5. The van der Waals surface area contributed by atoms with Crippen LogP contribution in [-0.2, 0) is 33.2 Å². The second-order valence-corrected chi connectivity index (χ2v) is 30.3. The van der Waals surface area contributed by atoms with Crippen molar-refractivity contribution in [2.45, 2.75) is 465 Å². The van der Waals surface area contributed by atoms with E-state index in [0.29, 0.717) is 12.8 Å². The Morgan fingerprint density at radius 3 is 0.990 bits per heavy atom. The van der Waals surface area contributed by atoms with Crippen LogP contribution in [0.4, 0.5) is 0 Å². The van der Waals surface area contributed by atoms with Crippen molar-refractivity contribution in [3.8, 4) is 0 Å². The lowest BCUT2D eigenvalue weighted by Crippen LogP contribution is -2.66. The number of amides is 1. The first-order valence-electron chi connectivity index (χ1n) is 42.1. The number of allylic oxidation sites excluding steroid dienone is 3. The number of aliphatic hydroxyl groups excluding tert-OH is 11. The second kappa shape index (κ2) is 63.2. The molecule has 1 amide bonds. The van der Waals surface area contributed by atoms with Crippen LogP contribution in [0.3, 0.4) is 0 Å². The van der Waals surface area contributed by atoms with Crippen molar-refractivity contribution < 1.29 is 89.4 Å². The molecule has 17 unspecified atom stereocenters. The Kier molecular flexibility index (Phi) is 58.5. The Morgan fingerprint density at radius 1 is 0.347 bits per heavy atom. The number of nitrogens with one attached hydrogen (secondary N) is 1. The molecule has 3 fully saturated rings. The first-order valence-corrected chi connectivity index (χ1v) is 42.1. The van der Waals surface area contributed by atoms with Crippen molar-refractivity contribution in [3.05, 3.63) is 24.3 Å². The van der Waals surface area contributed by atoms with Gasteiger partial charge in [0.1, 0.15) is 73.2 Å². The van der Waals surface area contributed by atoms with E-state index < -0.39 is 124 Å². The highest BCUT2D eigenvalue weighted by atomic mass is 16.8. The minimum atomic E-state index is -1.98. The van der Waals surface area contributed by atoms with Crippen LogP contribution >= 0.6 is 0 Å². The summed E-state index contributed by atoms with van der Waals surface area (Å²) in [6.45, 7) is 1.76. The van der Waals surface area contributed by atoms with Crippen LogP contribution in [-0.4, -0.2) is 193 Å². The summed E-state index contributed by atoms with van der Waals surface area (Å²) in [5.41, 5.74) is 0. The first kappa shape index (κ1) is 93.5. The number of rotatable bonds is 68. The van der Waals surface area contributed by atoms with E-state index in [1.165, 1.54) is 289 Å². The number of carbonyl (C=O) groups excluding carboxylic acids is 1. The van der Waals surface area contributed by atoms with Crippen LogP contribution < -0.4 is 5.32 Å². The smallest absolute Gasteiger partial charge is 0.220 e. The fourth-order valence-corrected chi connectivity index (χ4v) is 14.5. The largest absolute Gasteiger partial charge is 0.394 e. The number of carbonyl (C=O) groups is 1. The van der Waals surface area contributed by atoms with E-state index in [-0.39, 0.29) is 18.9 Å². The average molecular weight is 1440 g/mol. The van der Waals surface area contributed by atoms with Crippen LogP contribution in [0.1, 0.15) is 361 Å². The zero-order valence-electron chi connectivity index (χ0n) is 63.9. The normalized spacial score (nSPS) is 26.4. The third-order valence-corrected chi connectivity index (χ3v) is 21.3. The van der Waals surface area contributed by atoms with Gasteiger partial charge < -0.3 is 89.9 Å². The molecule has 3 aliphatic rings. The number of ether oxygens (including phenoxy) is 6. The molecule has 3 aliphatic heterocycles. The van der Waals surface area contributed by atoms with Crippen molar-refractivity contribution >= 4 is 5.91 Å². The van der Waals surface area contributed by atoms with Gasteiger partial charge in [-0.05, 0) is 32.1 Å². The van der Waals surface area contributed by atoms with Gasteiger partial charge in [-0.15, -0.1) is 0 Å². The summed E-state index contributed by atoms with van der Waals surface area (Å²) in [5, 5.41) is 121. The highest BCUT2D eigenvalue weighted by Gasteiger charge is 2.54. The second-order valence-electron chi connectivity index (χ2n) is 30.3. The minimum absolute atomic E-state index is 0.241. The Hall–Kier alpha value is -1.73. The molecule has 0 radical (unpaired) electrons. The van der Waals surface area contributed by atoms with E-state index in [1.807, 2.05) is 6.08 Å². The fraction of sp³-hybridized carbons (Fsp3) is 0.939. The van der Waals surface area contributed by atoms with Gasteiger partial charge in [0.25, 0.3) is 0 Å². The molecule has 101 heavy (non-hydrogen) atoms. The molecule has 3 saturated heterocycles. The van der Waals surface area contributed by atoms with Gasteiger partial charge in [-0.1, -0.05) is 346 Å². The van der Waals surface area contributed by atoms with Crippen LogP contribution in [0.25, 0.3) is 0 Å². The van der Waals surface area contributed by atoms with Crippen LogP contribution in [0.5, 0.6) is 0 Å². The monoisotopic (exact) mass is 1440 g/mol. The zero-order valence-corrected chi connectivity index (χ0v) is 63.9. The Labute approximate surface area is 613 Å². The van der Waals surface area contributed by atoms with E-state index in [4.69, 9.17) is 28.4 Å². The third-order valence-electron chi connectivity index (χ3n) is 21.3. The summed E-state index contributed by atoms with van der Waals surface area (Å²) in [7, 11) is 0. The van der Waals surface area contributed by atoms with Crippen LogP contribution in [0, 0.1) is 0 Å². The molecule has 596 valence electrons. The van der Waals surface area contributed by atoms with Gasteiger partial charge in [-0.3, -0.25) is 4.79 Å². The van der Waals surface area contributed by atoms with Gasteiger partial charge in [0.15, 0.2) is 18.9 Å². The molecular weight excluding hydrogens is 1290 g/mol. The number of aliphatic hydroxyl groups is 11. The molecule has 0 bridgehead atoms. The lowest BCUT2D eigenvalue weighted by atomic mass is 9.96. The third kappa shape index (κ3) is 43.2. The van der Waals surface area contributed by atoms with Crippen molar-refractivity contribution in [2.24, 2.45) is 0 Å². The van der Waals surface area contributed by atoms with Crippen molar-refractivity contribution in [2.75, 3.05) is 26.4 Å². The SMILES string of the molecule is CCCCCCCCCCCC/C=C/CC/C=C/C(O)C(COC1OC(CO)C(OC2OC(CO)C(OC3OC(CO)C(O)C(O)C3O)C(O)C2O)C(O)C1O)NC(=O)CCCCCCCCCCCCCCCCCCCCCCCCCCCCCCCCCCCCCCCCCC. The zero-order chi connectivity index (χ0) is 73.2. The lowest BCUT2D eigenvalue weighted by molar-refractivity contribution is -0.379. The maximum Gasteiger partial charge on any atom is 0.220 e. The molecule has 19 nitrogen and oxygen atoms in total. The van der Waals surface area contributed by atoms with Crippen molar-refractivity contribution in [1.29, 1.82) is 0 Å². The van der Waals surface area contributed by atoms with Gasteiger partial charge in [0.05, 0.1) is 38.6 Å². The van der Waals surface area contributed by atoms with E-state index >= 15 is 0 Å². The molecule has 19 heteroatoms. The molecule has 0 aliphatic carbocycles. The number of unbranched alkanes of at least 4 members (excludes halogenated alkanes) is 50. The van der Waals surface area contributed by atoms with Crippen LogP contribution in [0.15, 0.2) is 24.3 Å². The molecule has 0 saturated carbocycles. The standard InChI is InChI=1S/C82H155NO18/c1-3-5-7-9-11-13-15-17-19-21-22-23-24-25-26-27-28-29-30-31-32-33-34-35-36-37-38-39-40-41-42-43-44-46-48-50-52-54-56-58-60-70(88)83-65(66(87)59-57-55-53-51-49-47-45-20-18-16-14-12-10-8-6-4-2)64-96-80-76(94)73(91)78(68(62-85)98-80)101-82-77(95)74(92)79(69(63-86)99-82)100-81-75(93)72(90)71(89)67(61-84)97-81/h49,51,57,59,65-69,71-82,84-87,89-95H,3-48,50,52-56,58,60-64H2,1-2H3,(H,83,88)/b51-49+,59-57+. The summed E-state index contributed by atoms with van der Waals surface area (Å²) >= 11 is 0. The van der Waals surface area contributed by atoms with Crippen molar-refractivity contribution in [1.82, 2.24) is 5.32 Å². The Balaban J connectivity index is 1.28. The quantitative estimate of drug-likeness (QED) is 0.0199. The van der Waals surface area contributed by atoms with Gasteiger partial charge in [0, 0.05) is 6.42 Å².